The van der Waals surface area contributed by atoms with Gasteiger partial charge >= 0.3 is 5.97 Å². The maximum absolute atomic E-state index is 14.1. The summed E-state index contributed by atoms with van der Waals surface area (Å²) in [5.41, 5.74) is 4.50. The standard InChI is InChI=1S/C32H28Cl2N2O5/c1-16(2)14-23(32(40)41-15-24(37)35-22-13-7-12-21(33)29(22)34)36-30(38)27-25-17-8-3-4-9-18(17)26(28(27)31(36)39)20-11-6-5-10-19(20)25/h3-13,16,23,25-28H,14-15H2,1-2H3,(H,35,37)/t23-,25?,26?,27+,28+/m1/s1. The van der Waals surface area contributed by atoms with Gasteiger partial charge in [0.1, 0.15) is 6.04 Å². The van der Waals surface area contributed by atoms with Gasteiger partial charge in [-0.1, -0.05) is 91.6 Å². The third-order valence-electron chi connectivity index (χ3n) is 8.33. The van der Waals surface area contributed by atoms with Crippen molar-refractivity contribution < 1.29 is 23.9 Å². The molecule has 7 nitrogen and oxygen atoms in total. The molecule has 3 atom stereocenters. The molecule has 0 unspecified atom stereocenters. The number of anilines is 1. The lowest BCUT2D eigenvalue weighted by atomic mass is 9.55. The van der Waals surface area contributed by atoms with Crippen LogP contribution in [-0.4, -0.2) is 41.2 Å². The molecule has 1 fully saturated rings. The Bertz CT molecular complexity index is 1470. The monoisotopic (exact) mass is 590 g/mol. The average Bonchev–Trinajstić information content (AvgIpc) is 3.22. The van der Waals surface area contributed by atoms with Gasteiger partial charge in [0, 0.05) is 11.8 Å². The Morgan fingerprint density at radius 2 is 1.34 bits per heavy atom. The Kier molecular flexibility index (Phi) is 7.12. The molecule has 0 spiro atoms. The van der Waals surface area contributed by atoms with Gasteiger partial charge in [-0.05, 0) is 46.7 Å². The van der Waals surface area contributed by atoms with Gasteiger partial charge in [-0.2, -0.15) is 0 Å². The zero-order valence-electron chi connectivity index (χ0n) is 22.5. The molecule has 1 N–H and O–H groups in total. The molecule has 3 aromatic carbocycles. The van der Waals surface area contributed by atoms with Gasteiger partial charge in [0.15, 0.2) is 6.61 Å². The number of amides is 3. The average molecular weight is 591 g/mol. The van der Waals surface area contributed by atoms with Crippen LogP contribution in [0.4, 0.5) is 5.69 Å². The van der Waals surface area contributed by atoms with Crippen LogP contribution in [0, 0.1) is 17.8 Å². The molecule has 4 aliphatic rings. The minimum absolute atomic E-state index is 0.0269. The molecule has 0 aromatic heterocycles. The number of hydrogen-bond acceptors (Lipinski definition) is 5. The number of carbonyl (C=O) groups is 4. The number of nitrogens with one attached hydrogen (secondary N) is 1. The number of ether oxygens (including phenoxy) is 1. The first-order chi connectivity index (χ1) is 19.7. The third-order valence-corrected chi connectivity index (χ3v) is 9.15. The summed E-state index contributed by atoms with van der Waals surface area (Å²) in [5.74, 6) is -3.93. The molecule has 1 saturated heterocycles. The van der Waals surface area contributed by atoms with Gasteiger partial charge < -0.3 is 10.1 Å². The Hall–Kier alpha value is -3.68. The molecule has 3 aliphatic carbocycles. The molecule has 3 amide bonds. The molecule has 0 saturated carbocycles. The van der Waals surface area contributed by atoms with Crippen LogP contribution in [0.1, 0.15) is 54.4 Å². The molecular formula is C32H28Cl2N2O5. The fourth-order valence-electron chi connectivity index (χ4n) is 6.78. The molecule has 3 aromatic rings. The molecule has 9 heteroatoms. The summed E-state index contributed by atoms with van der Waals surface area (Å²) in [6.07, 6.45) is 0.215. The predicted octanol–water partition coefficient (Wildman–Crippen LogP) is 5.78. The Balaban J connectivity index is 1.27. The summed E-state index contributed by atoms with van der Waals surface area (Å²) in [7, 11) is 0. The van der Waals surface area contributed by atoms with E-state index in [4.69, 9.17) is 27.9 Å². The van der Waals surface area contributed by atoms with Crippen molar-refractivity contribution in [3.05, 3.63) is 99.0 Å². The van der Waals surface area contributed by atoms with Gasteiger partial charge in [0.05, 0.1) is 27.6 Å². The van der Waals surface area contributed by atoms with Crippen LogP contribution in [0.2, 0.25) is 10.0 Å². The second-order valence-electron chi connectivity index (χ2n) is 11.2. The summed E-state index contributed by atoms with van der Waals surface area (Å²) < 4.78 is 5.39. The highest BCUT2D eigenvalue weighted by molar-refractivity contribution is 6.44. The number of halogens is 2. The van der Waals surface area contributed by atoms with Crippen LogP contribution in [0.15, 0.2) is 66.7 Å². The molecule has 1 heterocycles. The normalized spacial score (nSPS) is 22.7. The number of nitrogens with zero attached hydrogens (tertiary/aromatic N) is 1. The molecule has 0 radical (unpaired) electrons. The van der Waals surface area contributed by atoms with Crippen molar-refractivity contribution in [1.29, 1.82) is 0 Å². The first-order valence-electron chi connectivity index (χ1n) is 13.6. The van der Waals surface area contributed by atoms with Crippen molar-refractivity contribution in [2.45, 2.75) is 38.1 Å². The van der Waals surface area contributed by atoms with E-state index in [9.17, 15) is 19.2 Å². The highest BCUT2D eigenvalue weighted by Gasteiger charge is 2.63. The number of benzene rings is 3. The van der Waals surface area contributed by atoms with Crippen molar-refractivity contribution in [2.24, 2.45) is 17.8 Å². The molecule has 7 rings (SSSR count). The summed E-state index contributed by atoms with van der Waals surface area (Å²) in [6, 6.07) is 19.6. The summed E-state index contributed by atoms with van der Waals surface area (Å²) in [4.78, 5) is 55.4. The van der Waals surface area contributed by atoms with Crippen LogP contribution in [0.5, 0.6) is 0 Å². The van der Waals surface area contributed by atoms with E-state index in [0.29, 0.717) is 0 Å². The minimum Gasteiger partial charge on any atom is -0.454 e. The number of hydrogen-bond donors (Lipinski definition) is 1. The van der Waals surface area contributed by atoms with Gasteiger partial charge in [-0.15, -0.1) is 0 Å². The fraction of sp³-hybridized carbons (Fsp3) is 0.312. The van der Waals surface area contributed by atoms with E-state index in [0.717, 1.165) is 27.2 Å². The van der Waals surface area contributed by atoms with E-state index in [-0.39, 0.29) is 51.7 Å². The molecule has 1 aliphatic heterocycles. The van der Waals surface area contributed by atoms with Crippen molar-refractivity contribution in [3.63, 3.8) is 0 Å². The van der Waals surface area contributed by atoms with Crippen molar-refractivity contribution in [2.75, 3.05) is 11.9 Å². The Labute approximate surface area is 247 Å². The number of rotatable bonds is 7. The first kappa shape index (κ1) is 27.5. The predicted molar refractivity (Wildman–Crippen MR) is 155 cm³/mol. The SMILES string of the molecule is CC(C)C[C@H](C(=O)OCC(=O)Nc1cccc(Cl)c1Cl)N1C(=O)[C@H]2C3c4ccccc4C(c4ccccc43)[C@@H]2C1=O. The van der Waals surface area contributed by atoms with Crippen molar-refractivity contribution in [1.82, 2.24) is 4.90 Å². The van der Waals surface area contributed by atoms with Gasteiger partial charge in [-0.3, -0.25) is 19.3 Å². The number of esters is 1. The maximum Gasteiger partial charge on any atom is 0.329 e. The van der Waals surface area contributed by atoms with Crippen LogP contribution in [-0.2, 0) is 23.9 Å². The molecule has 2 bridgehead atoms. The van der Waals surface area contributed by atoms with Crippen molar-refractivity contribution in [3.8, 4) is 0 Å². The fourth-order valence-corrected chi connectivity index (χ4v) is 7.13. The number of likely N-dealkylation sites (tertiary alicyclic amines) is 1. The van der Waals surface area contributed by atoms with E-state index in [1.807, 2.05) is 62.4 Å². The smallest absolute Gasteiger partial charge is 0.329 e. The highest BCUT2D eigenvalue weighted by Crippen LogP contribution is 2.61. The second kappa shape index (κ2) is 10.6. The minimum atomic E-state index is -1.14. The second-order valence-corrected chi connectivity index (χ2v) is 12.0. The topological polar surface area (TPSA) is 92.8 Å². The van der Waals surface area contributed by atoms with E-state index < -0.39 is 36.4 Å². The lowest BCUT2D eigenvalue weighted by Crippen LogP contribution is -2.47. The van der Waals surface area contributed by atoms with Crippen LogP contribution in [0.3, 0.4) is 0 Å². The van der Waals surface area contributed by atoms with Crippen LogP contribution in [0.25, 0.3) is 0 Å². The van der Waals surface area contributed by atoms with E-state index >= 15 is 0 Å². The highest BCUT2D eigenvalue weighted by atomic mass is 35.5. The van der Waals surface area contributed by atoms with Gasteiger partial charge in [0.2, 0.25) is 11.8 Å². The summed E-state index contributed by atoms with van der Waals surface area (Å²) in [5, 5.41) is 3.01. The van der Waals surface area contributed by atoms with E-state index in [1.165, 1.54) is 0 Å². The maximum atomic E-state index is 14.1. The van der Waals surface area contributed by atoms with Gasteiger partial charge in [0.25, 0.3) is 5.91 Å². The molecule has 41 heavy (non-hydrogen) atoms. The Morgan fingerprint density at radius 3 is 1.83 bits per heavy atom. The summed E-state index contributed by atoms with van der Waals surface area (Å²) in [6.45, 7) is 3.20. The zero-order valence-corrected chi connectivity index (χ0v) is 24.0. The van der Waals surface area contributed by atoms with Crippen LogP contribution >= 0.6 is 23.2 Å². The Morgan fingerprint density at radius 1 is 0.829 bits per heavy atom. The number of imide groups is 1. The van der Waals surface area contributed by atoms with E-state index in [2.05, 4.69) is 5.32 Å². The lowest BCUT2D eigenvalue weighted by Gasteiger charge is -2.45. The molecular weight excluding hydrogens is 563 g/mol. The first-order valence-corrected chi connectivity index (χ1v) is 14.4. The third kappa shape index (κ3) is 4.52. The van der Waals surface area contributed by atoms with Crippen LogP contribution < -0.4 is 5.32 Å². The quantitative estimate of drug-likeness (QED) is 0.278. The number of carbonyl (C=O) groups excluding carboxylic acids is 4. The van der Waals surface area contributed by atoms with E-state index in [1.54, 1.807) is 18.2 Å². The largest absolute Gasteiger partial charge is 0.454 e. The summed E-state index contributed by atoms with van der Waals surface area (Å²) >= 11 is 12.2. The lowest BCUT2D eigenvalue weighted by molar-refractivity contribution is -0.160. The zero-order chi connectivity index (χ0) is 29.0. The van der Waals surface area contributed by atoms with Crippen molar-refractivity contribution >= 4 is 52.6 Å². The molecule has 210 valence electrons. The van der Waals surface area contributed by atoms with Gasteiger partial charge in [-0.25, -0.2) is 4.79 Å².